The SMILES string of the molecule is N=C1N[C@H]2[C@H](CS[C@H]2CCCCC(=O)ON2C(=O)CCC2=O)N1. The molecule has 0 saturated carbocycles. The molecule has 0 aromatic rings. The standard InChI is InChI=1S/C14H20N4O4S/c15-14-16-8-7-23-9(13(8)17-14)3-1-2-4-12(21)22-18-10(19)5-6-11(18)20/h8-9,13H,1-7H2,(H3,15,16,17)/t8-,9-,13-/m0/s1. The third-order valence-corrected chi connectivity index (χ3v) is 5.79. The fourth-order valence-corrected chi connectivity index (χ4v) is 4.64. The highest BCUT2D eigenvalue weighted by Gasteiger charge is 2.41. The average Bonchev–Trinajstić information content (AvgIpc) is 3.14. The summed E-state index contributed by atoms with van der Waals surface area (Å²) in [5, 5.41) is 14.9. The predicted octanol–water partition coefficient (Wildman–Crippen LogP) is 0.134. The van der Waals surface area contributed by atoms with Gasteiger partial charge in [-0.3, -0.25) is 15.0 Å². The largest absolute Gasteiger partial charge is 0.351 e. The van der Waals surface area contributed by atoms with Crippen LogP contribution in [0.4, 0.5) is 0 Å². The van der Waals surface area contributed by atoms with Gasteiger partial charge in [-0.15, -0.1) is 5.06 Å². The summed E-state index contributed by atoms with van der Waals surface area (Å²) < 4.78 is 0. The van der Waals surface area contributed by atoms with Gasteiger partial charge in [-0.25, -0.2) is 4.79 Å². The van der Waals surface area contributed by atoms with Gasteiger partial charge in [0.1, 0.15) is 0 Å². The molecule has 9 heteroatoms. The van der Waals surface area contributed by atoms with Crippen molar-refractivity contribution in [3.05, 3.63) is 0 Å². The number of guanidine groups is 1. The third-order valence-electron chi connectivity index (χ3n) is 4.28. The molecule has 3 aliphatic rings. The van der Waals surface area contributed by atoms with E-state index in [1.54, 1.807) is 0 Å². The van der Waals surface area contributed by atoms with E-state index in [0.29, 0.717) is 34.8 Å². The van der Waals surface area contributed by atoms with Crippen LogP contribution in [0.3, 0.4) is 0 Å². The van der Waals surface area contributed by atoms with Gasteiger partial charge in [-0.05, 0) is 12.8 Å². The van der Waals surface area contributed by atoms with E-state index in [9.17, 15) is 14.4 Å². The van der Waals surface area contributed by atoms with Crippen molar-refractivity contribution in [2.45, 2.75) is 55.9 Å². The second-order valence-electron chi connectivity index (χ2n) is 5.96. The Morgan fingerprint density at radius 3 is 2.74 bits per heavy atom. The average molecular weight is 340 g/mol. The van der Waals surface area contributed by atoms with Crippen LogP contribution >= 0.6 is 11.8 Å². The van der Waals surface area contributed by atoms with Crippen molar-refractivity contribution in [3.8, 4) is 0 Å². The number of thioether (sulfide) groups is 1. The molecule has 3 saturated heterocycles. The Kier molecular flexibility index (Phi) is 4.74. The van der Waals surface area contributed by atoms with Crippen LogP contribution in [0, 0.1) is 5.41 Å². The summed E-state index contributed by atoms with van der Waals surface area (Å²) in [4.78, 5) is 39.2. The minimum Gasteiger partial charge on any atom is -0.351 e. The Balaban J connectivity index is 1.34. The number of carbonyl (C=O) groups excluding carboxylic acids is 3. The van der Waals surface area contributed by atoms with E-state index in [1.807, 2.05) is 11.8 Å². The Hall–Kier alpha value is -1.77. The first kappa shape index (κ1) is 16.1. The van der Waals surface area contributed by atoms with Crippen LogP contribution in [-0.2, 0) is 19.2 Å². The first-order valence-corrected chi connectivity index (χ1v) is 8.89. The number of rotatable bonds is 6. The molecule has 3 fully saturated rings. The highest BCUT2D eigenvalue weighted by atomic mass is 32.2. The van der Waals surface area contributed by atoms with Crippen molar-refractivity contribution in [2.24, 2.45) is 0 Å². The van der Waals surface area contributed by atoms with Gasteiger partial charge in [0.25, 0.3) is 11.8 Å². The summed E-state index contributed by atoms with van der Waals surface area (Å²) in [7, 11) is 0. The minimum atomic E-state index is -0.534. The Morgan fingerprint density at radius 1 is 1.26 bits per heavy atom. The number of nitrogens with zero attached hydrogens (tertiary/aromatic N) is 1. The maximum atomic E-state index is 11.7. The summed E-state index contributed by atoms with van der Waals surface area (Å²) in [5.41, 5.74) is 0. The summed E-state index contributed by atoms with van der Waals surface area (Å²) in [6.07, 6.45) is 2.92. The van der Waals surface area contributed by atoms with E-state index in [1.165, 1.54) is 0 Å². The summed E-state index contributed by atoms with van der Waals surface area (Å²) in [6, 6.07) is 0.619. The van der Waals surface area contributed by atoms with Gasteiger partial charge >= 0.3 is 5.97 Å². The molecule has 3 atom stereocenters. The Bertz CT molecular complexity index is 525. The molecule has 3 rings (SSSR count). The van der Waals surface area contributed by atoms with Gasteiger partial charge in [0.05, 0.1) is 12.1 Å². The molecule has 0 unspecified atom stereocenters. The van der Waals surface area contributed by atoms with Crippen LogP contribution in [-0.4, -0.2) is 51.9 Å². The smallest absolute Gasteiger partial charge is 0.333 e. The van der Waals surface area contributed by atoms with Crippen LogP contribution in [0.2, 0.25) is 0 Å². The number of nitrogens with one attached hydrogen (secondary N) is 3. The van der Waals surface area contributed by atoms with E-state index in [4.69, 9.17) is 10.2 Å². The molecule has 0 radical (unpaired) electrons. The lowest BCUT2D eigenvalue weighted by molar-refractivity contribution is -0.197. The Labute approximate surface area is 138 Å². The Morgan fingerprint density at radius 2 is 2.00 bits per heavy atom. The predicted molar refractivity (Wildman–Crippen MR) is 83.5 cm³/mol. The van der Waals surface area contributed by atoms with Crippen molar-refractivity contribution in [1.29, 1.82) is 5.41 Å². The van der Waals surface area contributed by atoms with Crippen LogP contribution in [0.15, 0.2) is 0 Å². The van der Waals surface area contributed by atoms with E-state index in [2.05, 4.69) is 10.6 Å². The molecule has 0 aromatic carbocycles. The molecule has 8 nitrogen and oxygen atoms in total. The highest BCUT2D eigenvalue weighted by molar-refractivity contribution is 8.00. The normalized spacial score (nSPS) is 29.5. The lowest BCUT2D eigenvalue weighted by Gasteiger charge is -2.17. The number of unbranched alkanes of at least 4 members (excludes halogenated alkanes) is 1. The second-order valence-corrected chi connectivity index (χ2v) is 7.23. The van der Waals surface area contributed by atoms with Crippen molar-refractivity contribution >= 4 is 35.5 Å². The molecule has 126 valence electrons. The molecule has 3 N–H and O–H groups in total. The number of hydrogen-bond donors (Lipinski definition) is 3. The van der Waals surface area contributed by atoms with E-state index >= 15 is 0 Å². The lowest BCUT2D eigenvalue weighted by atomic mass is 10.0. The molecule has 23 heavy (non-hydrogen) atoms. The fourth-order valence-electron chi connectivity index (χ4n) is 3.10. The number of carbonyl (C=O) groups is 3. The van der Waals surface area contributed by atoms with E-state index < -0.39 is 17.8 Å². The van der Waals surface area contributed by atoms with Gasteiger partial charge < -0.3 is 15.5 Å². The number of amides is 2. The van der Waals surface area contributed by atoms with Gasteiger partial charge in [-0.2, -0.15) is 11.8 Å². The van der Waals surface area contributed by atoms with Gasteiger partial charge in [0, 0.05) is 30.3 Å². The van der Waals surface area contributed by atoms with E-state index in [-0.39, 0.29) is 19.3 Å². The fraction of sp³-hybridized carbons (Fsp3) is 0.714. The lowest BCUT2D eigenvalue weighted by Crippen LogP contribution is -2.36. The van der Waals surface area contributed by atoms with Gasteiger partial charge in [-0.1, -0.05) is 6.42 Å². The van der Waals surface area contributed by atoms with Crippen molar-refractivity contribution < 1.29 is 19.2 Å². The molecule has 0 aromatic heterocycles. The van der Waals surface area contributed by atoms with Crippen molar-refractivity contribution in [2.75, 3.05) is 5.75 Å². The van der Waals surface area contributed by atoms with Gasteiger partial charge in [0.2, 0.25) is 0 Å². The highest BCUT2D eigenvalue weighted by Crippen LogP contribution is 2.33. The molecule has 0 bridgehead atoms. The van der Waals surface area contributed by atoms with Crippen LogP contribution in [0.1, 0.15) is 38.5 Å². The molecule has 0 aliphatic carbocycles. The van der Waals surface area contributed by atoms with Crippen molar-refractivity contribution in [1.82, 2.24) is 15.7 Å². The molecular weight excluding hydrogens is 320 g/mol. The van der Waals surface area contributed by atoms with Crippen LogP contribution in [0.5, 0.6) is 0 Å². The van der Waals surface area contributed by atoms with E-state index in [0.717, 1.165) is 18.6 Å². The maximum absolute atomic E-state index is 11.7. The second kappa shape index (κ2) is 6.77. The number of hydrogen-bond acceptors (Lipinski definition) is 6. The summed E-state index contributed by atoms with van der Waals surface area (Å²) in [6.45, 7) is 0. The zero-order valence-corrected chi connectivity index (χ0v) is 13.5. The monoisotopic (exact) mass is 340 g/mol. The van der Waals surface area contributed by atoms with Gasteiger partial charge in [0.15, 0.2) is 5.96 Å². The topological polar surface area (TPSA) is 112 Å². The first-order valence-electron chi connectivity index (χ1n) is 7.84. The summed E-state index contributed by atoms with van der Waals surface area (Å²) >= 11 is 1.89. The van der Waals surface area contributed by atoms with Crippen LogP contribution in [0.25, 0.3) is 0 Å². The quantitative estimate of drug-likeness (QED) is 0.465. The zero-order valence-electron chi connectivity index (χ0n) is 12.7. The summed E-state index contributed by atoms with van der Waals surface area (Å²) in [5.74, 6) is -0.0359. The number of imide groups is 1. The number of hydroxylamine groups is 2. The molecule has 0 spiro atoms. The minimum absolute atomic E-state index is 0.115. The molecule has 3 aliphatic heterocycles. The maximum Gasteiger partial charge on any atom is 0.333 e. The van der Waals surface area contributed by atoms with Crippen molar-refractivity contribution in [3.63, 3.8) is 0 Å². The zero-order chi connectivity index (χ0) is 16.4. The third kappa shape index (κ3) is 3.60. The number of fused-ring (bicyclic) bond motifs is 1. The molecule has 2 amide bonds. The first-order chi connectivity index (χ1) is 11.0. The molecular formula is C14H20N4O4S. The molecule has 3 heterocycles. The van der Waals surface area contributed by atoms with Crippen LogP contribution < -0.4 is 10.6 Å².